The summed E-state index contributed by atoms with van der Waals surface area (Å²) < 4.78 is 166. The molecular weight excluding hydrogens is 1180 g/mol. The number of nitrogens with zero attached hydrogens (tertiary/aromatic N) is 11. The van der Waals surface area contributed by atoms with Crippen molar-refractivity contribution in [2.75, 3.05) is 72.3 Å². The number of halogens is 9. The normalized spacial score (nSPS) is 17.6. The van der Waals surface area contributed by atoms with Crippen LogP contribution >= 0.6 is 0 Å². The third-order valence-electron chi connectivity index (χ3n) is 15.4. The molecule has 85 heavy (non-hydrogen) atoms. The first-order chi connectivity index (χ1) is 39.4. The number of hydrogen-bond acceptors (Lipinski definition) is 17. The van der Waals surface area contributed by atoms with E-state index in [-0.39, 0.29) is 81.1 Å². The van der Waals surface area contributed by atoms with E-state index in [1.807, 2.05) is 25.8 Å². The fourth-order valence-corrected chi connectivity index (χ4v) is 9.57. The van der Waals surface area contributed by atoms with E-state index in [0.717, 1.165) is 73.7 Å². The molecule has 26 nitrogen and oxygen atoms in total. The lowest BCUT2D eigenvalue weighted by molar-refractivity contribution is -0.142. The van der Waals surface area contributed by atoms with Crippen LogP contribution in [0.15, 0.2) is 47.4 Å². The maximum absolute atomic E-state index is 12.7. The second-order valence-electron chi connectivity index (χ2n) is 21.7. The first-order valence-corrected chi connectivity index (χ1v) is 28.2. The molecule has 6 aromatic rings. The molecule has 0 spiro atoms. The zero-order chi connectivity index (χ0) is 63.5. The number of aromatic nitrogens is 12. The smallest absolute Gasteiger partial charge is 0.396 e. The van der Waals surface area contributed by atoms with Crippen molar-refractivity contribution in [3.63, 3.8) is 0 Å². The summed E-state index contributed by atoms with van der Waals surface area (Å²) in [6.07, 6.45) is -5.87. The number of ether oxygens (including phenoxy) is 4. The fraction of sp³-hybridized carbons (Fsp3) is 0.694. The van der Waals surface area contributed by atoms with Gasteiger partial charge in [0.25, 0.3) is 26.8 Å². The van der Waals surface area contributed by atoms with Gasteiger partial charge in [-0.05, 0) is 25.7 Å². The minimum atomic E-state index is -4.52. The van der Waals surface area contributed by atoms with Crippen LogP contribution in [0.4, 0.5) is 39.5 Å². The molecule has 476 valence electrons. The number of H-pyrrole nitrogens is 1. The van der Waals surface area contributed by atoms with E-state index in [1.165, 1.54) is 21.1 Å². The van der Waals surface area contributed by atoms with Crippen molar-refractivity contribution < 1.29 is 76.2 Å². The quantitative estimate of drug-likeness (QED) is 0.110. The highest BCUT2D eigenvalue weighted by Gasteiger charge is 2.42. The molecule has 36 heteroatoms. The molecule has 0 unspecified atom stereocenters. The molecule has 6 aromatic heterocycles. The molecule has 0 aliphatic carbocycles. The average Bonchev–Trinajstić information content (AvgIpc) is 2.80. The van der Waals surface area contributed by atoms with Crippen LogP contribution in [-0.4, -0.2) is 162 Å². The molecule has 0 aromatic carbocycles. The van der Waals surface area contributed by atoms with Crippen molar-refractivity contribution in [2.45, 2.75) is 105 Å². The second kappa shape index (κ2) is 25.9. The van der Waals surface area contributed by atoms with Crippen molar-refractivity contribution in [1.82, 2.24) is 57.2 Å². The lowest BCUT2D eigenvalue weighted by Crippen LogP contribution is -2.51. The molecule has 4 aliphatic heterocycles. The summed E-state index contributed by atoms with van der Waals surface area (Å²) in [6.45, 7) is 8.93. The van der Waals surface area contributed by atoms with E-state index in [9.17, 15) is 76.7 Å². The summed E-state index contributed by atoms with van der Waals surface area (Å²) in [5.74, 6) is 0. The molecule has 10 rings (SSSR count). The van der Waals surface area contributed by atoms with Crippen LogP contribution < -0.4 is 33.7 Å². The summed E-state index contributed by atoms with van der Waals surface area (Å²) in [5.41, 5.74) is -5.31. The number of rotatable bonds is 15. The Bertz CT molecular complexity index is 3640. The van der Waals surface area contributed by atoms with Gasteiger partial charge in [0, 0.05) is 55.9 Å². The van der Waals surface area contributed by atoms with Crippen LogP contribution in [0.2, 0.25) is 0 Å². The van der Waals surface area contributed by atoms with Gasteiger partial charge in [-0.2, -0.15) is 63.2 Å². The van der Waals surface area contributed by atoms with Crippen LogP contribution in [0.1, 0.15) is 53.4 Å². The van der Waals surface area contributed by atoms with E-state index in [1.54, 1.807) is 0 Å². The van der Waals surface area contributed by atoms with Crippen molar-refractivity contribution in [3.05, 3.63) is 81.1 Å². The Morgan fingerprint density at radius 2 is 0.859 bits per heavy atom. The molecule has 0 amide bonds. The summed E-state index contributed by atoms with van der Waals surface area (Å²) in [6, 6.07) is 0. The van der Waals surface area contributed by atoms with Gasteiger partial charge in [0.15, 0.2) is 16.6 Å². The summed E-state index contributed by atoms with van der Waals surface area (Å²) in [4.78, 5) is 74.8. The number of alkyl halides is 9. The molecule has 0 bridgehead atoms. The Morgan fingerprint density at radius 3 is 1.12 bits per heavy atom. The van der Waals surface area contributed by atoms with Crippen LogP contribution in [0.3, 0.4) is 0 Å². The largest absolute Gasteiger partial charge is 0.408 e. The number of aryl methyl sites for hydroxylation is 3. The molecule has 10 heterocycles. The van der Waals surface area contributed by atoms with E-state index >= 15 is 0 Å². The predicted molar refractivity (Wildman–Crippen MR) is 284 cm³/mol. The monoisotopic (exact) mass is 1250 g/mol. The third-order valence-corrected chi connectivity index (χ3v) is 15.9. The zero-order valence-corrected chi connectivity index (χ0v) is 48.5. The van der Waals surface area contributed by atoms with Gasteiger partial charge in [0.1, 0.15) is 19.6 Å². The highest BCUT2D eigenvalue weighted by Crippen LogP contribution is 2.35. The second-order valence-corrected chi connectivity index (χ2v) is 23.4. The number of fused-ring (bicyclic) bond motifs is 3. The number of nitrogens with one attached hydrogen (secondary N) is 1. The summed E-state index contributed by atoms with van der Waals surface area (Å²) >= 11 is 0. The Balaban J connectivity index is 0.000000178. The lowest BCUT2D eigenvalue weighted by Gasteiger charge is -2.40. The van der Waals surface area contributed by atoms with Crippen LogP contribution in [0.5, 0.6) is 0 Å². The van der Waals surface area contributed by atoms with E-state index in [2.05, 4.69) is 22.2 Å². The summed E-state index contributed by atoms with van der Waals surface area (Å²) in [7, 11) is 0.860. The predicted octanol–water partition coefficient (Wildman–Crippen LogP) is 2.55. The number of aliphatic hydroxyl groups excluding tert-OH is 1. The fourth-order valence-electron chi connectivity index (χ4n) is 9.11. The average molecular weight is 1250 g/mol. The van der Waals surface area contributed by atoms with Crippen LogP contribution in [-0.2, 0) is 87.1 Å². The minimum absolute atomic E-state index is 0.0525. The first-order valence-electron chi connectivity index (χ1n) is 26.4. The topological polar surface area (TPSA) is 297 Å². The maximum Gasteiger partial charge on any atom is 0.408 e. The minimum Gasteiger partial charge on any atom is -0.396 e. The first kappa shape index (κ1) is 67.7. The van der Waals surface area contributed by atoms with Gasteiger partial charge in [-0.15, -0.1) is 0 Å². The van der Waals surface area contributed by atoms with Gasteiger partial charge in [-0.3, -0.25) is 46.4 Å². The Labute approximate surface area is 476 Å². The van der Waals surface area contributed by atoms with Crippen molar-refractivity contribution in [2.24, 2.45) is 42.8 Å². The van der Waals surface area contributed by atoms with Crippen LogP contribution in [0, 0.1) is 21.7 Å². The van der Waals surface area contributed by atoms with Gasteiger partial charge in [0.05, 0.1) is 107 Å². The molecule has 4 saturated heterocycles. The Morgan fingerprint density at radius 1 is 0.541 bits per heavy atom. The van der Waals surface area contributed by atoms with Gasteiger partial charge >= 0.3 is 35.6 Å². The highest BCUT2D eigenvalue weighted by atomic mass is 32.2. The standard InChI is InChI=1S/2C14H17F3N4O3.C8H7F3N4O2.C7H14O4S.C6H12O2/c2*1-3-13(7-24-8-13)5-20-11(22)10-9(19(2)12(20)23)4-18-21(10)6-14(15,16)17;1-14-4-2-12-15(3-8(9,10)11)5(4)6(16)13-7(14)17;1-3-7(4-10-5-7)6-11-12(2,8)9;1-2-6(3-7)4-8-5-6/h2*4H,3,5-8H2,1-2H3;2H,3H2,1H3,(H,13,16,17);3-6H2,1-2H3;7H,2-5H2,1H3. The SMILES string of the molecule is CCC1(CO)COC1.CCC1(COS(C)(=O)=O)COC1.CCC1(Cn2c(=O)c3c(cnn3CC(F)(F)F)n(C)c2=O)COC1.CCC1(Cn2c(=O)c3c(cnn3CC(F)(F)F)n(C)c2=O)COC1.Cn1c(=O)[nH]c(=O)c2c1cnn2CC(F)(F)F. The number of aromatic amines is 1. The molecule has 0 radical (unpaired) electrons. The highest BCUT2D eigenvalue weighted by molar-refractivity contribution is 7.86. The van der Waals surface area contributed by atoms with Gasteiger partial charge in [-0.25, -0.2) is 28.4 Å². The lowest BCUT2D eigenvalue weighted by atomic mass is 9.83. The number of hydrogen-bond donors (Lipinski definition) is 2. The van der Waals surface area contributed by atoms with Crippen LogP contribution in [0.25, 0.3) is 33.1 Å². The van der Waals surface area contributed by atoms with E-state index in [0.29, 0.717) is 66.5 Å². The van der Waals surface area contributed by atoms with Crippen molar-refractivity contribution in [3.8, 4) is 0 Å². The van der Waals surface area contributed by atoms with E-state index < -0.39 is 82.0 Å². The van der Waals surface area contributed by atoms with Gasteiger partial charge < -0.3 is 24.1 Å². The summed E-state index contributed by atoms with van der Waals surface area (Å²) in [5, 5.41) is 19.5. The van der Waals surface area contributed by atoms with Crippen molar-refractivity contribution >= 4 is 43.2 Å². The third kappa shape index (κ3) is 15.8. The number of aliphatic hydroxyl groups is 1. The Kier molecular flexibility index (Phi) is 20.6. The Hall–Kier alpha value is -6.47. The molecule has 0 atom stereocenters. The molecule has 0 saturated carbocycles. The molecule has 4 fully saturated rings. The molecule has 2 N–H and O–H groups in total. The van der Waals surface area contributed by atoms with Gasteiger partial charge in [-0.1, -0.05) is 27.7 Å². The van der Waals surface area contributed by atoms with Gasteiger partial charge in [0.2, 0.25) is 0 Å². The molecular formula is C49H67F9N12O14S. The molecule has 4 aliphatic rings. The maximum atomic E-state index is 12.7. The zero-order valence-electron chi connectivity index (χ0n) is 47.7. The van der Waals surface area contributed by atoms with E-state index in [4.69, 9.17) is 28.2 Å². The van der Waals surface area contributed by atoms with Crippen molar-refractivity contribution in [1.29, 1.82) is 0 Å².